The SMILES string of the molecule is CCN(CC)COc1ccc2c(c1)oc1ccc(OCN(CC)CC)cc12. The van der Waals surface area contributed by atoms with Gasteiger partial charge in [-0.1, -0.05) is 27.7 Å². The summed E-state index contributed by atoms with van der Waals surface area (Å²) in [6, 6.07) is 12.0. The maximum absolute atomic E-state index is 6.02. The molecule has 0 bridgehead atoms. The Morgan fingerprint density at radius 1 is 0.667 bits per heavy atom. The van der Waals surface area contributed by atoms with Crippen LogP contribution in [0.1, 0.15) is 27.7 Å². The average molecular weight is 370 g/mol. The highest BCUT2D eigenvalue weighted by Crippen LogP contribution is 2.33. The van der Waals surface area contributed by atoms with Crippen LogP contribution < -0.4 is 9.47 Å². The Bertz CT molecular complexity index is 866. The molecule has 5 nitrogen and oxygen atoms in total. The molecule has 0 aliphatic rings. The van der Waals surface area contributed by atoms with Gasteiger partial charge in [-0.05, 0) is 56.5 Å². The fourth-order valence-electron chi connectivity index (χ4n) is 3.06. The second kappa shape index (κ2) is 9.11. The highest BCUT2D eigenvalue weighted by Gasteiger charge is 2.10. The molecule has 3 rings (SSSR count). The number of fused-ring (bicyclic) bond motifs is 3. The van der Waals surface area contributed by atoms with Crippen LogP contribution in [0.25, 0.3) is 21.9 Å². The molecule has 1 heterocycles. The Balaban J connectivity index is 1.79. The van der Waals surface area contributed by atoms with Gasteiger partial charge in [-0.25, -0.2) is 0 Å². The van der Waals surface area contributed by atoms with Crippen LogP contribution in [0, 0.1) is 0 Å². The molecule has 0 radical (unpaired) electrons. The molecule has 0 spiro atoms. The summed E-state index contributed by atoms with van der Waals surface area (Å²) in [6.45, 7) is 13.6. The summed E-state index contributed by atoms with van der Waals surface area (Å²) in [5, 5.41) is 2.14. The van der Waals surface area contributed by atoms with Gasteiger partial charge in [0.15, 0.2) is 0 Å². The number of ether oxygens (including phenoxy) is 2. The quantitative estimate of drug-likeness (QED) is 0.473. The van der Waals surface area contributed by atoms with E-state index in [-0.39, 0.29) is 0 Å². The van der Waals surface area contributed by atoms with E-state index in [1.807, 2.05) is 24.3 Å². The van der Waals surface area contributed by atoms with E-state index in [1.54, 1.807) is 0 Å². The standard InChI is InChI=1S/C22H30N2O3/c1-5-23(6-2)15-25-17-10-12-21-20(13-17)19-11-9-18(14-22(19)27-21)26-16-24(7-3)8-4/h9-14H,5-8,15-16H2,1-4H3. The summed E-state index contributed by atoms with van der Waals surface area (Å²) in [5.74, 6) is 1.69. The van der Waals surface area contributed by atoms with Crippen molar-refractivity contribution in [1.29, 1.82) is 0 Å². The lowest BCUT2D eigenvalue weighted by atomic mass is 10.1. The van der Waals surface area contributed by atoms with E-state index in [0.717, 1.165) is 59.6 Å². The summed E-state index contributed by atoms with van der Waals surface area (Å²) >= 11 is 0. The van der Waals surface area contributed by atoms with Crippen molar-refractivity contribution in [2.75, 3.05) is 39.6 Å². The van der Waals surface area contributed by atoms with Gasteiger partial charge in [0, 0.05) is 16.8 Å². The maximum atomic E-state index is 6.02. The molecule has 2 aromatic carbocycles. The van der Waals surface area contributed by atoms with Crippen LogP contribution in [-0.4, -0.2) is 49.4 Å². The Kier molecular flexibility index (Phi) is 6.58. The third-order valence-electron chi connectivity index (χ3n) is 5.03. The molecule has 0 saturated carbocycles. The molecule has 0 N–H and O–H groups in total. The van der Waals surface area contributed by atoms with Gasteiger partial charge in [-0.15, -0.1) is 0 Å². The van der Waals surface area contributed by atoms with E-state index in [9.17, 15) is 0 Å². The van der Waals surface area contributed by atoms with Crippen molar-refractivity contribution in [2.45, 2.75) is 27.7 Å². The lowest BCUT2D eigenvalue weighted by Gasteiger charge is -2.18. The van der Waals surface area contributed by atoms with E-state index in [1.165, 1.54) is 0 Å². The minimum absolute atomic E-state index is 0.585. The first kappa shape index (κ1) is 19.5. The molecular formula is C22H30N2O3. The first-order valence-electron chi connectivity index (χ1n) is 9.85. The fraction of sp³-hybridized carbons (Fsp3) is 0.455. The van der Waals surface area contributed by atoms with E-state index in [2.05, 4.69) is 49.6 Å². The number of hydrogen-bond acceptors (Lipinski definition) is 5. The molecule has 0 atom stereocenters. The van der Waals surface area contributed by atoms with E-state index >= 15 is 0 Å². The predicted molar refractivity (Wildman–Crippen MR) is 111 cm³/mol. The summed E-state index contributed by atoms with van der Waals surface area (Å²) in [6.07, 6.45) is 0. The zero-order valence-corrected chi connectivity index (χ0v) is 16.8. The van der Waals surface area contributed by atoms with Crippen molar-refractivity contribution < 1.29 is 13.9 Å². The van der Waals surface area contributed by atoms with Gasteiger partial charge in [-0.3, -0.25) is 9.80 Å². The summed E-state index contributed by atoms with van der Waals surface area (Å²) in [4.78, 5) is 4.46. The third-order valence-corrected chi connectivity index (χ3v) is 5.03. The lowest BCUT2D eigenvalue weighted by molar-refractivity contribution is 0.137. The summed E-state index contributed by atoms with van der Waals surface area (Å²) in [5.41, 5.74) is 1.70. The molecule has 0 fully saturated rings. The van der Waals surface area contributed by atoms with E-state index < -0.39 is 0 Å². The van der Waals surface area contributed by atoms with Gasteiger partial charge >= 0.3 is 0 Å². The van der Waals surface area contributed by atoms with Crippen LogP contribution in [0.3, 0.4) is 0 Å². The number of hydrogen-bond donors (Lipinski definition) is 0. The van der Waals surface area contributed by atoms with Crippen LogP contribution in [0.15, 0.2) is 40.8 Å². The first-order valence-corrected chi connectivity index (χ1v) is 9.85. The smallest absolute Gasteiger partial charge is 0.142 e. The van der Waals surface area contributed by atoms with Crippen LogP contribution in [0.4, 0.5) is 0 Å². The summed E-state index contributed by atoms with van der Waals surface area (Å²) < 4.78 is 17.9. The van der Waals surface area contributed by atoms with Crippen LogP contribution in [0.2, 0.25) is 0 Å². The number of benzene rings is 2. The molecule has 27 heavy (non-hydrogen) atoms. The zero-order valence-electron chi connectivity index (χ0n) is 16.8. The second-order valence-corrected chi connectivity index (χ2v) is 6.57. The predicted octanol–water partition coefficient (Wildman–Crippen LogP) is 4.94. The highest BCUT2D eigenvalue weighted by molar-refractivity contribution is 6.05. The molecule has 0 saturated heterocycles. The molecule has 146 valence electrons. The first-order chi connectivity index (χ1) is 13.2. The topological polar surface area (TPSA) is 38.1 Å². The molecule has 5 heteroatoms. The molecule has 0 amide bonds. The Morgan fingerprint density at radius 3 is 1.81 bits per heavy atom. The van der Waals surface area contributed by atoms with Crippen molar-refractivity contribution in [3.05, 3.63) is 36.4 Å². The van der Waals surface area contributed by atoms with Crippen molar-refractivity contribution in [1.82, 2.24) is 9.80 Å². The van der Waals surface area contributed by atoms with Crippen LogP contribution >= 0.6 is 0 Å². The zero-order chi connectivity index (χ0) is 19.2. The van der Waals surface area contributed by atoms with Crippen molar-refractivity contribution >= 4 is 21.9 Å². The normalized spacial score (nSPS) is 11.8. The highest BCUT2D eigenvalue weighted by atomic mass is 16.5. The Morgan fingerprint density at radius 2 is 1.22 bits per heavy atom. The van der Waals surface area contributed by atoms with Gasteiger partial charge in [-0.2, -0.15) is 0 Å². The average Bonchev–Trinajstić information content (AvgIpc) is 3.06. The van der Waals surface area contributed by atoms with Crippen molar-refractivity contribution in [3.63, 3.8) is 0 Å². The van der Waals surface area contributed by atoms with E-state index in [4.69, 9.17) is 13.9 Å². The van der Waals surface area contributed by atoms with Gasteiger partial charge in [0.25, 0.3) is 0 Å². The maximum Gasteiger partial charge on any atom is 0.142 e. The number of nitrogens with zero attached hydrogens (tertiary/aromatic N) is 2. The van der Waals surface area contributed by atoms with Gasteiger partial charge in [0.1, 0.15) is 36.1 Å². The molecule has 1 aromatic heterocycles. The minimum Gasteiger partial charge on any atom is -0.478 e. The van der Waals surface area contributed by atoms with Crippen LogP contribution in [-0.2, 0) is 0 Å². The van der Waals surface area contributed by atoms with Crippen LogP contribution in [0.5, 0.6) is 11.5 Å². The molecule has 0 aliphatic carbocycles. The van der Waals surface area contributed by atoms with E-state index in [0.29, 0.717) is 13.5 Å². The Hall–Kier alpha value is -2.24. The molecule has 3 aromatic rings. The second-order valence-electron chi connectivity index (χ2n) is 6.57. The van der Waals surface area contributed by atoms with Gasteiger partial charge in [0.05, 0.1) is 0 Å². The largest absolute Gasteiger partial charge is 0.478 e. The molecule has 0 aliphatic heterocycles. The fourth-order valence-corrected chi connectivity index (χ4v) is 3.06. The monoisotopic (exact) mass is 370 g/mol. The Labute approximate surface area is 161 Å². The number of furan rings is 1. The lowest BCUT2D eigenvalue weighted by Crippen LogP contribution is -2.27. The number of rotatable bonds is 10. The minimum atomic E-state index is 0.585. The van der Waals surface area contributed by atoms with Gasteiger partial charge < -0.3 is 13.9 Å². The van der Waals surface area contributed by atoms with Gasteiger partial charge in [0.2, 0.25) is 0 Å². The third kappa shape index (κ3) is 4.54. The van der Waals surface area contributed by atoms with Crippen molar-refractivity contribution in [3.8, 4) is 11.5 Å². The molecule has 0 unspecified atom stereocenters. The summed E-state index contributed by atoms with van der Waals surface area (Å²) in [7, 11) is 0. The van der Waals surface area contributed by atoms with Crippen molar-refractivity contribution in [2.24, 2.45) is 0 Å². The molecular weight excluding hydrogens is 340 g/mol.